The minimum absolute atomic E-state index is 0.103. The highest BCUT2D eigenvalue weighted by atomic mass is 35.5. The minimum atomic E-state index is 0.103. The molecular weight excluding hydrogens is 366 g/mol. The van der Waals surface area contributed by atoms with Crippen molar-refractivity contribution in [1.82, 2.24) is 4.90 Å². The van der Waals surface area contributed by atoms with Crippen LogP contribution in [-0.4, -0.2) is 37.2 Å². The number of hydrogen-bond donors (Lipinski definition) is 0. The standard InChI is InChI=1S/C21H24ClNO4/c1-2-23(15-16-5-3-6-19-21(16)27-14-13-26-19)20(24)7-4-12-25-18-10-8-17(22)9-11-18/h3,5-6,8-11H,2,4,7,12-15H2,1H3. The highest BCUT2D eigenvalue weighted by Crippen LogP contribution is 2.34. The molecule has 0 unspecified atom stereocenters. The molecule has 6 heteroatoms. The molecule has 0 N–H and O–H groups in total. The highest BCUT2D eigenvalue weighted by Gasteiger charge is 2.19. The van der Waals surface area contributed by atoms with Crippen LogP contribution in [0.15, 0.2) is 42.5 Å². The zero-order valence-electron chi connectivity index (χ0n) is 15.4. The molecule has 1 amide bonds. The van der Waals surface area contributed by atoms with Crippen LogP contribution in [0.25, 0.3) is 0 Å². The first-order valence-electron chi connectivity index (χ1n) is 9.21. The van der Waals surface area contributed by atoms with Crippen LogP contribution in [0.2, 0.25) is 5.02 Å². The van der Waals surface area contributed by atoms with Gasteiger partial charge in [-0.25, -0.2) is 0 Å². The van der Waals surface area contributed by atoms with Crippen LogP contribution in [0.1, 0.15) is 25.3 Å². The molecule has 3 rings (SSSR count). The van der Waals surface area contributed by atoms with Crippen LogP contribution in [0, 0.1) is 0 Å². The van der Waals surface area contributed by atoms with Crippen molar-refractivity contribution < 1.29 is 19.0 Å². The number of rotatable bonds is 8. The molecule has 2 aromatic rings. The lowest BCUT2D eigenvalue weighted by molar-refractivity contribution is -0.131. The number of carbonyl (C=O) groups is 1. The largest absolute Gasteiger partial charge is 0.494 e. The molecule has 0 fully saturated rings. The predicted octanol–water partition coefficient (Wildman–Crippen LogP) is 4.32. The fourth-order valence-corrected chi connectivity index (χ4v) is 3.07. The Hall–Kier alpha value is -2.40. The molecule has 0 atom stereocenters. The molecule has 0 spiro atoms. The van der Waals surface area contributed by atoms with Gasteiger partial charge in [0.05, 0.1) is 6.61 Å². The Kier molecular flexibility index (Phi) is 6.82. The summed E-state index contributed by atoms with van der Waals surface area (Å²) < 4.78 is 17.0. The predicted molar refractivity (Wildman–Crippen MR) is 105 cm³/mol. The zero-order chi connectivity index (χ0) is 19.1. The monoisotopic (exact) mass is 389 g/mol. The molecule has 0 aromatic heterocycles. The van der Waals surface area contributed by atoms with Crippen LogP contribution in [0.3, 0.4) is 0 Å². The van der Waals surface area contributed by atoms with Crippen molar-refractivity contribution in [2.45, 2.75) is 26.3 Å². The number of benzene rings is 2. The quantitative estimate of drug-likeness (QED) is 0.631. The number of carbonyl (C=O) groups excluding carboxylic acids is 1. The maximum Gasteiger partial charge on any atom is 0.222 e. The molecule has 0 aliphatic carbocycles. The maximum absolute atomic E-state index is 12.6. The summed E-state index contributed by atoms with van der Waals surface area (Å²) in [6, 6.07) is 13.0. The van der Waals surface area contributed by atoms with Gasteiger partial charge in [0.2, 0.25) is 5.91 Å². The molecule has 5 nitrogen and oxygen atoms in total. The Morgan fingerprint density at radius 2 is 1.93 bits per heavy atom. The van der Waals surface area contributed by atoms with Gasteiger partial charge in [0, 0.05) is 30.1 Å². The van der Waals surface area contributed by atoms with Gasteiger partial charge < -0.3 is 19.1 Å². The lowest BCUT2D eigenvalue weighted by atomic mass is 10.1. The fourth-order valence-electron chi connectivity index (χ4n) is 2.94. The van der Waals surface area contributed by atoms with Crippen molar-refractivity contribution in [1.29, 1.82) is 0 Å². The van der Waals surface area contributed by atoms with Gasteiger partial charge in [-0.1, -0.05) is 23.7 Å². The molecule has 144 valence electrons. The van der Waals surface area contributed by atoms with Crippen molar-refractivity contribution in [2.24, 2.45) is 0 Å². The van der Waals surface area contributed by atoms with Crippen molar-refractivity contribution >= 4 is 17.5 Å². The number of hydrogen-bond acceptors (Lipinski definition) is 4. The second-order valence-electron chi connectivity index (χ2n) is 6.26. The van der Waals surface area contributed by atoms with Gasteiger partial charge in [-0.05, 0) is 43.7 Å². The third-order valence-corrected chi connectivity index (χ3v) is 4.61. The van der Waals surface area contributed by atoms with E-state index in [9.17, 15) is 4.79 Å². The number of halogens is 1. The van der Waals surface area contributed by atoms with E-state index in [1.807, 2.05) is 42.2 Å². The van der Waals surface area contributed by atoms with Crippen LogP contribution in [0.5, 0.6) is 17.2 Å². The van der Waals surface area contributed by atoms with Crippen molar-refractivity contribution in [3.8, 4) is 17.2 Å². The Bertz CT molecular complexity index is 763. The first-order valence-corrected chi connectivity index (χ1v) is 9.59. The smallest absolute Gasteiger partial charge is 0.222 e. The molecule has 0 saturated carbocycles. The van der Waals surface area contributed by atoms with E-state index in [2.05, 4.69) is 0 Å². The third-order valence-electron chi connectivity index (χ3n) is 4.36. The van der Waals surface area contributed by atoms with Crippen LogP contribution < -0.4 is 14.2 Å². The van der Waals surface area contributed by atoms with Gasteiger partial charge >= 0.3 is 0 Å². The average Bonchev–Trinajstić information content (AvgIpc) is 2.70. The SMILES string of the molecule is CCN(Cc1cccc2c1OCCO2)C(=O)CCCOc1ccc(Cl)cc1. The second-order valence-corrected chi connectivity index (χ2v) is 6.69. The summed E-state index contributed by atoms with van der Waals surface area (Å²) >= 11 is 5.85. The molecule has 1 aliphatic rings. The maximum atomic E-state index is 12.6. The Morgan fingerprint density at radius 1 is 1.15 bits per heavy atom. The molecular formula is C21H24ClNO4. The molecule has 0 bridgehead atoms. The molecule has 27 heavy (non-hydrogen) atoms. The van der Waals surface area contributed by atoms with Gasteiger partial charge in [-0.15, -0.1) is 0 Å². The summed E-state index contributed by atoms with van der Waals surface area (Å²) in [7, 11) is 0. The van der Waals surface area contributed by atoms with E-state index in [1.165, 1.54) is 0 Å². The average molecular weight is 390 g/mol. The van der Waals surface area contributed by atoms with E-state index in [0.717, 1.165) is 22.8 Å². The molecule has 1 aliphatic heterocycles. The second kappa shape index (κ2) is 9.51. The minimum Gasteiger partial charge on any atom is -0.494 e. The number of amides is 1. The van der Waals surface area contributed by atoms with Crippen molar-refractivity contribution in [3.63, 3.8) is 0 Å². The fraction of sp³-hybridized carbons (Fsp3) is 0.381. The molecule has 2 aromatic carbocycles. The zero-order valence-corrected chi connectivity index (χ0v) is 16.2. The normalized spacial score (nSPS) is 12.5. The highest BCUT2D eigenvalue weighted by molar-refractivity contribution is 6.30. The molecule has 0 saturated heterocycles. The third kappa shape index (κ3) is 5.30. The Labute approximate surface area is 164 Å². The van der Waals surface area contributed by atoms with E-state index in [0.29, 0.717) is 50.8 Å². The van der Waals surface area contributed by atoms with E-state index in [4.69, 9.17) is 25.8 Å². The van der Waals surface area contributed by atoms with E-state index < -0.39 is 0 Å². The topological polar surface area (TPSA) is 48.0 Å². The first kappa shape index (κ1) is 19.4. The lowest BCUT2D eigenvalue weighted by Gasteiger charge is -2.25. The summed E-state index contributed by atoms with van der Waals surface area (Å²) in [6.07, 6.45) is 1.10. The summed E-state index contributed by atoms with van der Waals surface area (Å²) in [5, 5.41) is 0.675. The summed E-state index contributed by atoms with van der Waals surface area (Å²) in [4.78, 5) is 14.4. The van der Waals surface area contributed by atoms with Gasteiger partial charge in [-0.3, -0.25) is 4.79 Å². The van der Waals surface area contributed by atoms with E-state index in [-0.39, 0.29) is 5.91 Å². The Morgan fingerprint density at radius 3 is 2.70 bits per heavy atom. The van der Waals surface area contributed by atoms with E-state index >= 15 is 0 Å². The van der Waals surface area contributed by atoms with Gasteiger partial charge in [0.1, 0.15) is 19.0 Å². The summed E-state index contributed by atoms with van der Waals surface area (Å²) in [6.45, 7) is 4.71. The number of fused-ring (bicyclic) bond motifs is 1. The van der Waals surface area contributed by atoms with Gasteiger partial charge in [-0.2, -0.15) is 0 Å². The number of nitrogens with zero attached hydrogens (tertiary/aromatic N) is 1. The number of para-hydroxylation sites is 1. The molecule has 1 heterocycles. The van der Waals surface area contributed by atoms with Crippen LogP contribution in [0.4, 0.5) is 0 Å². The van der Waals surface area contributed by atoms with Crippen molar-refractivity contribution in [3.05, 3.63) is 53.1 Å². The van der Waals surface area contributed by atoms with Gasteiger partial charge in [0.15, 0.2) is 11.5 Å². The summed E-state index contributed by atoms with van der Waals surface area (Å²) in [5.74, 6) is 2.36. The first-order chi connectivity index (χ1) is 13.2. The van der Waals surface area contributed by atoms with Crippen LogP contribution >= 0.6 is 11.6 Å². The Balaban J connectivity index is 1.50. The summed E-state index contributed by atoms with van der Waals surface area (Å²) in [5.41, 5.74) is 0.972. The molecule has 0 radical (unpaired) electrons. The lowest BCUT2D eigenvalue weighted by Crippen LogP contribution is -2.31. The van der Waals surface area contributed by atoms with E-state index in [1.54, 1.807) is 12.1 Å². The van der Waals surface area contributed by atoms with Crippen LogP contribution in [-0.2, 0) is 11.3 Å². The number of ether oxygens (including phenoxy) is 3. The van der Waals surface area contributed by atoms with Gasteiger partial charge in [0.25, 0.3) is 0 Å². The van der Waals surface area contributed by atoms with Crippen molar-refractivity contribution in [2.75, 3.05) is 26.4 Å².